The van der Waals surface area contributed by atoms with Crippen molar-refractivity contribution < 1.29 is 27.4 Å². The van der Waals surface area contributed by atoms with Crippen molar-refractivity contribution in [1.82, 2.24) is 19.9 Å². The molecule has 224 valence electrons. The van der Waals surface area contributed by atoms with Gasteiger partial charge in [-0.05, 0) is 68.5 Å². The predicted octanol–water partition coefficient (Wildman–Crippen LogP) is 6.54. The van der Waals surface area contributed by atoms with Crippen LogP contribution < -0.4 is 0 Å². The molecule has 0 radical (unpaired) electrons. The number of carbonyl (C=O) groups is 1. The van der Waals surface area contributed by atoms with Gasteiger partial charge in [-0.2, -0.15) is 0 Å². The van der Waals surface area contributed by atoms with Crippen molar-refractivity contribution in [2.45, 2.75) is 55.2 Å². The van der Waals surface area contributed by atoms with Gasteiger partial charge in [-0.3, -0.25) is 0 Å². The van der Waals surface area contributed by atoms with Gasteiger partial charge >= 0.3 is 6.09 Å². The normalized spacial score (nSPS) is 17.7. The van der Waals surface area contributed by atoms with Crippen molar-refractivity contribution in [3.63, 3.8) is 0 Å². The molecule has 0 saturated carbocycles. The van der Waals surface area contributed by atoms with Gasteiger partial charge < -0.3 is 24.1 Å². The maximum absolute atomic E-state index is 13.7. The molecule has 10 nitrogen and oxygen atoms in total. The summed E-state index contributed by atoms with van der Waals surface area (Å²) in [5.41, 5.74) is 0.235. The summed E-state index contributed by atoms with van der Waals surface area (Å²) in [7, 11) is -2.52. The summed E-state index contributed by atoms with van der Waals surface area (Å²) < 4.78 is 45.2. The summed E-state index contributed by atoms with van der Waals surface area (Å²) in [6, 6.07) is 8.42. The van der Waals surface area contributed by atoms with Crippen LogP contribution in [0.1, 0.15) is 37.8 Å². The number of benzene rings is 1. The summed E-state index contributed by atoms with van der Waals surface area (Å²) in [4.78, 5) is 27.5. The Bertz CT molecular complexity index is 1750. The molecule has 1 N–H and O–H groups in total. The first kappa shape index (κ1) is 31.1. The van der Waals surface area contributed by atoms with Crippen molar-refractivity contribution in [3.05, 3.63) is 55.8 Å². The Morgan fingerprint density at radius 1 is 1.26 bits per heavy atom. The molecule has 1 saturated heterocycles. The van der Waals surface area contributed by atoms with E-state index < -0.39 is 27.1 Å². The Morgan fingerprint density at radius 3 is 2.64 bits per heavy atom. The number of fused-ring (bicyclic) bond motifs is 1. The summed E-state index contributed by atoms with van der Waals surface area (Å²) in [5, 5.41) is 1.03. The number of hydrogen-bond donors (Lipinski definition) is 1. The number of pyridine rings is 1. The van der Waals surface area contributed by atoms with Crippen molar-refractivity contribution in [1.29, 1.82) is 0 Å². The van der Waals surface area contributed by atoms with Crippen LogP contribution in [-0.2, 0) is 29.6 Å². The minimum atomic E-state index is -4.04. The number of methoxy groups -OCH3 is 1. The molecule has 1 aromatic carbocycles. The third kappa shape index (κ3) is 6.04. The lowest BCUT2D eigenvalue weighted by Crippen LogP contribution is -2.39. The van der Waals surface area contributed by atoms with Crippen LogP contribution in [0.3, 0.4) is 0 Å². The van der Waals surface area contributed by atoms with Crippen molar-refractivity contribution in [3.8, 4) is 10.4 Å². The zero-order chi connectivity index (χ0) is 30.4. The second kappa shape index (κ2) is 11.7. The molecule has 1 aliphatic rings. The van der Waals surface area contributed by atoms with Crippen LogP contribution in [0, 0.1) is 10.6 Å². The first-order valence-electron chi connectivity index (χ1n) is 13.0. The number of sulfone groups is 1. The minimum absolute atomic E-state index is 0.00217. The summed E-state index contributed by atoms with van der Waals surface area (Å²) in [5.74, 6) is 0. The van der Waals surface area contributed by atoms with Gasteiger partial charge in [-0.25, -0.2) is 23.2 Å². The van der Waals surface area contributed by atoms with Crippen LogP contribution in [0.5, 0.6) is 0 Å². The van der Waals surface area contributed by atoms with E-state index in [0.717, 1.165) is 9.26 Å². The van der Waals surface area contributed by atoms with E-state index in [4.69, 9.17) is 30.8 Å². The summed E-state index contributed by atoms with van der Waals surface area (Å²) >= 11 is 10.3. The highest BCUT2D eigenvalue weighted by atomic mass is 127. The molecular formula is C28H30ClIN4O6S2. The second-order valence-electron chi connectivity index (χ2n) is 11.0. The van der Waals surface area contributed by atoms with E-state index >= 15 is 0 Å². The zero-order valence-corrected chi connectivity index (χ0v) is 28.2. The highest BCUT2D eigenvalue weighted by molar-refractivity contribution is 14.1. The van der Waals surface area contributed by atoms with Crippen LogP contribution in [0.15, 0.2) is 46.5 Å². The van der Waals surface area contributed by atoms with E-state index in [2.05, 4.69) is 32.6 Å². The van der Waals surface area contributed by atoms with E-state index in [1.54, 1.807) is 35.4 Å². The predicted molar refractivity (Wildman–Crippen MR) is 169 cm³/mol. The number of amides is 1. The number of nitrogens with zero attached hydrogens (tertiary/aromatic N) is 3. The largest absolute Gasteiger partial charge is 0.444 e. The number of rotatable bonds is 7. The van der Waals surface area contributed by atoms with Gasteiger partial charge in [0.15, 0.2) is 5.03 Å². The second-order valence-corrected chi connectivity index (χ2v) is 15.5. The number of H-pyrrole nitrogens is 1. The van der Waals surface area contributed by atoms with Crippen LogP contribution in [0.4, 0.5) is 4.79 Å². The topological polar surface area (TPSA) is 124 Å². The Labute approximate surface area is 266 Å². The fourth-order valence-corrected chi connectivity index (χ4v) is 8.29. The number of thiazole rings is 1. The average Bonchev–Trinajstić information content (AvgIpc) is 3.65. The van der Waals surface area contributed by atoms with Crippen molar-refractivity contribution in [2.24, 2.45) is 0 Å². The molecule has 14 heteroatoms. The van der Waals surface area contributed by atoms with Gasteiger partial charge in [-0.1, -0.05) is 29.3 Å². The fourth-order valence-electron chi connectivity index (χ4n) is 4.70. The number of ether oxygens (including phenoxy) is 3. The molecule has 0 spiro atoms. The van der Waals surface area contributed by atoms with E-state index in [0.29, 0.717) is 39.4 Å². The highest BCUT2D eigenvalue weighted by Crippen LogP contribution is 2.45. The quantitative estimate of drug-likeness (QED) is 0.167. The number of nitrogens with one attached hydrogen (secondary N) is 1. The van der Waals surface area contributed by atoms with Crippen molar-refractivity contribution in [2.75, 3.05) is 27.0 Å². The van der Waals surface area contributed by atoms with E-state index in [9.17, 15) is 13.2 Å². The molecule has 1 atom stereocenters. The zero-order valence-electron chi connectivity index (χ0n) is 23.7. The SMILES string of the molecule is COCOC1(c2ncc(-c3c(Cl)c(S(=O)(=O)c4ccc(C)cc4)nc4[nH]c(I)cc34)s2)CCN(C(=O)OC(C)(C)C)C1. The fraction of sp³-hybridized carbons (Fsp3) is 0.393. The summed E-state index contributed by atoms with van der Waals surface area (Å²) in [6.45, 7) is 7.95. The summed E-state index contributed by atoms with van der Waals surface area (Å²) in [6.07, 6.45) is 1.68. The molecule has 1 unspecified atom stereocenters. The molecule has 4 heterocycles. The van der Waals surface area contributed by atoms with Gasteiger partial charge in [0.25, 0.3) is 0 Å². The first-order chi connectivity index (χ1) is 19.7. The molecule has 0 aliphatic carbocycles. The van der Waals surface area contributed by atoms with Gasteiger partial charge in [0, 0.05) is 37.2 Å². The maximum Gasteiger partial charge on any atom is 0.410 e. The molecule has 1 fully saturated rings. The Morgan fingerprint density at radius 2 is 1.98 bits per heavy atom. The molecule has 1 aliphatic heterocycles. The molecule has 3 aromatic heterocycles. The number of likely N-dealkylation sites (tertiary alicyclic amines) is 1. The van der Waals surface area contributed by atoms with Crippen LogP contribution in [0.25, 0.3) is 21.5 Å². The van der Waals surface area contributed by atoms with Gasteiger partial charge in [0.05, 0.1) is 25.0 Å². The number of hydrogen-bond acceptors (Lipinski definition) is 9. The molecular weight excluding hydrogens is 715 g/mol. The van der Waals surface area contributed by atoms with E-state index in [-0.39, 0.29) is 28.3 Å². The highest BCUT2D eigenvalue weighted by Gasteiger charge is 2.46. The maximum atomic E-state index is 13.7. The molecule has 42 heavy (non-hydrogen) atoms. The Kier molecular flexibility index (Phi) is 8.64. The van der Waals surface area contributed by atoms with E-state index in [1.807, 2.05) is 33.8 Å². The van der Waals surface area contributed by atoms with Crippen LogP contribution in [-0.4, -0.2) is 67.0 Å². The minimum Gasteiger partial charge on any atom is -0.444 e. The molecule has 4 aromatic rings. The molecule has 1 amide bonds. The third-order valence-electron chi connectivity index (χ3n) is 6.72. The first-order valence-corrected chi connectivity index (χ1v) is 16.8. The molecule has 0 bridgehead atoms. The number of aromatic amines is 1. The number of aromatic nitrogens is 3. The lowest BCUT2D eigenvalue weighted by Gasteiger charge is -2.28. The van der Waals surface area contributed by atoms with Crippen LogP contribution >= 0.6 is 45.5 Å². The van der Waals surface area contributed by atoms with Crippen molar-refractivity contribution >= 4 is 72.5 Å². The lowest BCUT2D eigenvalue weighted by molar-refractivity contribution is -0.129. The number of carbonyl (C=O) groups excluding carboxylic acids is 1. The Hall–Kier alpha value is -2.30. The van der Waals surface area contributed by atoms with Gasteiger partial charge in [-0.15, -0.1) is 11.3 Å². The van der Waals surface area contributed by atoms with Gasteiger partial charge in [0.2, 0.25) is 9.84 Å². The van der Waals surface area contributed by atoms with E-state index in [1.165, 1.54) is 18.4 Å². The standard InChI is InChI=1S/C28H30ClIN4O6S2/c1-16-6-8-17(9-7-16)42(36,37)24-22(29)21(18-12-20(30)32-23(18)33-24)19-13-31-25(41-19)28(39-15-38-5)10-11-34(14-28)26(35)40-27(2,3)4/h6-9,12-13H,10-11,14-15H2,1-5H3,(H,32,33). The lowest BCUT2D eigenvalue weighted by atomic mass is 10.0. The number of halogens is 2. The smallest absolute Gasteiger partial charge is 0.410 e. The van der Waals surface area contributed by atoms with Crippen LogP contribution in [0.2, 0.25) is 5.02 Å². The van der Waals surface area contributed by atoms with Gasteiger partial charge in [0.1, 0.15) is 28.6 Å². The third-order valence-corrected chi connectivity index (χ3v) is 10.7. The Balaban J connectivity index is 1.59. The molecule has 5 rings (SSSR count). The average molecular weight is 745 g/mol. The number of aryl methyl sites for hydroxylation is 1. The monoisotopic (exact) mass is 744 g/mol.